The third-order valence-corrected chi connectivity index (χ3v) is 4.67. The van der Waals surface area contributed by atoms with Gasteiger partial charge in [-0.2, -0.15) is 0 Å². The topological polar surface area (TPSA) is 55.1 Å². The normalized spacial score (nSPS) is 12.0. The highest BCUT2D eigenvalue weighted by molar-refractivity contribution is 7.09. The summed E-state index contributed by atoms with van der Waals surface area (Å²) in [4.78, 5) is 16.4. The van der Waals surface area contributed by atoms with Gasteiger partial charge < -0.3 is 9.73 Å². The lowest BCUT2D eigenvalue weighted by atomic mass is 9.93. The minimum absolute atomic E-state index is 0.00607. The molecule has 0 saturated heterocycles. The van der Waals surface area contributed by atoms with E-state index in [1.165, 1.54) is 5.56 Å². The largest absolute Gasteiger partial charge is 0.469 e. The number of aryl methyl sites for hydroxylation is 1. The van der Waals surface area contributed by atoms with E-state index >= 15 is 0 Å². The second kappa shape index (κ2) is 7.93. The molecule has 124 valence electrons. The molecule has 4 nitrogen and oxygen atoms in total. The Balaban J connectivity index is 1.57. The van der Waals surface area contributed by atoms with Gasteiger partial charge in [-0.3, -0.25) is 4.79 Å². The number of thiazole rings is 1. The molecule has 24 heavy (non-hydrogen) atoms. The van der Waals surface area contributed by atoms with Crippen LogP contribution >= 0.6 is 11.3 Å². The number of hydrogen-bond donors (Lipinski definition) is 1. The molecule has 0 fully saturated rings. The van der Waals surface area contributed by atoms with E-state index in [9.17, 15) is 4.79 Å². The Morgan fingerprint density at radius 1 is 1.25 bits per heavy atom. The first-order valence-electron chi connectivity index (χ1n) is 7.98. The molecule has 1 aromatic carbocycles. The number of furan rings is 1. The summed E-state index contributed by atoms with van der Waals surface area (Å²) in [5.74, 6) is 1.07. The third-order valence-electron chi connectivity index (χ3n) is 3.85. The standard InChI is InChI=1S/C19H20N2O2S/c1-14-21-16(13-24-14)12-19(22)20-10-9-17(18-8-5-11-23-18)15-6-3-2-4-7-15/h2-8,11,13,17H,9-10,12H2,1H3,(H,20,22). The van der Waals surface area contributed by atoms with Crippen LogP contribution in [-0.2, 0) is 11.2 Å². The minimum atomic E-state index is 0.00607. The van der Waals surface area contributed by atoms with Crippen LogP contribution in [-0.4, -0.2) is 17.4 Å². The maximum Gasteiger partial charge on any atom is 0.226 e. The van der Waals surface area contributed by atoms with Crippen LogP contribution in [0.15, 0.2) is 58.5 Å². The average Bonchev–Trinajstić information content (AvgIpc) is 3.24. The molecule has 0 aliphatic heterocycles. The van der Waals surface area contributed by atoms with Crippen molar-refractivity contribution in [3.8, 4) is 0 Å². The van der Waals surface area contributed by atoms with Crippen LogP contribution in [0, 0.1) is 6.92 Å². The summed E-state index contributed by atoms with van der Waals surface area (Å²) in [5.41, 5.74) is 2.03. The van der Waals surface area contributed by atoms with Gasteiger partial charge >= 0.3 is 0 Å². The molecule has 1 amide bonds. The summed E-state index contributed by atoms with van der Waals surface area (Å²) in [6.45, 7) is 2.54. The van der Waals surface area contributed by atoms with Gasteiger partial charge in [0.1, 0.15) is 5.76 Å². The van der Waals surface area contributed by atoms with Crippen LogP contribution in [0.4, 0.5) is 0 Å². The Hall–Kier alpha value is -2.40. The van der Waals surface area contributed by atoms with Gasteiger partial charge in [0.15, 0.2) is 0 Å². The summed E-state index contributed by atoms with van der Waals surface area (Å²) in [7, 11) is 0. The van der Waals surface area contributed by atoms with Crippen molar-refractivity contribution in [3.63, 3.8) is 0 Å². The lowest BCUT2D eigenvalue weighted by Crippen LogP contribution is -2.27. The molecule has 0 aliphatic carbocycles. The van der Waals surface area contributed by atoms with Crippen molar-refractivity contribution in [2.45, 2.75) is 25.7 Å². The molecule has 0 aliphatic rings. The number of hydrogen-bond acceptors (Lipinski definition) is 4. The van der Waals surface area contributed by atoms with Gasteiger partial charge in [-0.1, -0.05) is 30.3 Å². The minimum Gasteiger partial charge on any atom is -0.469 e. The lowest BCUT2D eigenvalue weighted by Gasteiger charge is -2.15. The number of amides is 1. The fraction of sp³-hybridized carbons (Fsp3) is 0.263. The predicted octanol–water partition coefficient (Wildman–Crippen LogP) is 3.93. The Kier molecular flexibility index (Phi) is 5.43. The Morgan fingerprint density at radius 3 is 2.75 bits per heavy atom. The zero-order valence-corrected chi connectivity index (χ0v) is 14.4. The summed E-state index contributed by atoms with van der Waals surface area (Å²) in [6.07, 6.45) is 2.81. The summed E-state index contributed by atoms with van der Waals surface area (Å²) >= 11 is 1.57. The first-order chi connectivity index (χ1) is 11.7. The quantitative estimate of drug-likeness (QED) is 0.709. The summed E-state index contributed by atoms with van der Waals surface area (Å²) < 4.78 is 5.58. The average molecular weight is 340 g/mol. The van der Waals surface area contributed by atoms with Gasteiger partial charge in [-0.05, 0) is 31.0 Å². The van der Waals surface area contributed by atoms with E-state index in [-0.39, 0.29) is 11.8 Å². The molecule has 5 heteroatoms. The second-order valence-electron chi connectivity index (χ2n) is 5.65. The van der Waals surface area contributed by atoms with E-state index in [1.807, 2.05) is 42.6 Å². The fourth-order valence-corrected chi connectivity index (χ4v) is 3.33. The van der Waals surface area contributed by atoms with E-state index in [0.717, 1.165) is 22.9 Å². The van der Waals surface area contributed by atoms with Crippen molar-refractivity contribution in [1.82, 2.24) is 10.3 Å². The van der Waals surface area contributed by atoms with Crippen molar-refractivity contribution >= 4 is 17.2 Å². The Labute approximate surface area is 145 Å². The van der Waals surface area contributed by atoms with Crippen LogP contribution in [0.3, 0.4) is 0 Å². The van der Waals surface area contributed by atoms with Gasteiger partial charge in [0.2, 0.25) is 5.91 Å². The SMILES string of the molecule is Cc1nc(CC(=O)NCCC(c2ccccc2)c2ccco2)cs1. The van der Waals surface area contributed by atoms with Crippen LogP contribution in [0.25, 0.3) is 0 Å². The maximum absolute atomic E-state index is 12.1. The van der Waals surface area contributed by atoms with E-state index < -0.39 is 0 Å². The third kappa shape index (κ3) is 4.32. The van der Waals surface area contributed by atoms with Crippen molar-refractivity contribution in [2.24, 2.45) is 0 Å². The predicted molar refractivity (Wildman–Crippen MR) is 95.2 cm³/mol. The number of nitrogens with one attached hydrogen (secondary N) is 1. The van der Waals surface area contributed by atoms with Gasteiger partial charge in [0.25, 0.3) is 0 Å². The van der Waals surface area contributed by atoms with Crippen LogP contribution in [0.2, 0.25) is 0 Å². The molecule has 1 N–H and O–H groups in total. The number of rotatable bonds is 7. The number of nitrogens with zero attached hydrogens (tertiary/aromatic N) is 1. The van der Waals surface area contributed by atoms with E-state index in [4.69, 9.17) is 4.42 Å². The number of carbonyl (C=O) groups is 1. The summed E-state index contributed by atoms with van der Waals surface area (Å²) in [5, 5.41) is 5.91. The molecule has 0 saturated carbocycles. The van der Waals surface area contributed by atoms with Gasteiger partial charge in [0, 0.05) is 17.8 Å². The highest BCUT2D eigenvalue weighted by Crippen LogP contribution is 2.27. The van der Waals surface area contributed by atoms with Crippen LogP contribution in [0.5, 0.6) is 0 Å². The Bertz CT molecular complexity index is 766. The molecular formula is C19H20N2O2S. The smallest absolute Gasteiger partial charge is 0.226 e. The number of carbonyl (C=O) groups excluding carboxylic acids is 1. The van der Waals surface area contributed by atoms with Crippen molar-refractivity contribution in [2.75, 3.05) is 6.54 Å². The van der Waals surface area contributed by atoms with Gasteiger partial charge in [-0.15, -0.1) is 11.3 Å². The Morgan fingerprint density at radius 2 is 2.08 bits per heavy atom. The van der Waals surface area contributed by atoms with Crippen LogP contribution in [0.1, 0.15) is 34.4 Å². The molecule has 3 aromatic rings. The zero-order valence-electron chi connectivity index (χ0n) is 13.6. The monoisotopic (exact) mass is 340 g/mol. The molecule has 0 bridgehead atoms. The highest BCUT2D eigenvalue weighted by atomic mass is 32.1. The fourth-order valence-electron chi connectivity index (χ4n) is 2.72. The van der Waals surface area contributed by atoms with E-state index in [1.54, 1.807) is 17.6 Å². The van der Waals surface area contributed by atoms with Crippen LogP contribution < -0.4 is 5.32 Å². The molecule has 2 heterocycles. The molecule has 3 rings (SSSR count). The maximum atomic E-state index is 12.1. The van der Waals surface area contributed by atoms with Crippen molar-refractivity contribution in [1.29, 1.82) is 0 Å². The number of aromatic nitrogens is 1. The van der Waals surface area contributed by atoms with Gasteiger partial charge in [0.05, 0.1) is 23.4 Å². The molecule has 2 aromatic heterocycles. The second-order valence-corrected chi connectivity index (χ2v) is 6.71. The molecule has 1 atom stereocenters. The zero-order chi connectivity index (χ0) is 16.8. The van der Waals surface area contributed by atoms with Crippen molar-refractivity contribution < 1.29 is 9.21 Å². The lowest BCUT2D eigenvalue weighted by molar-refractivity contribution is -0.120. The highest BCUT2D eigenvalue weighted by Gasteiger charge is 2.17. The van der Waals surface area contributed by atoms with E-state index in [0.29, 0.717) is 13.0 Å². The molecule has 0 spiro atoms. The molecular weight excluding hydrogens is 320 g/mol. The molecule has 0 radical (unpaired) electrons. The van der Waals surface area contributed by atoms with Crippen molar-refractivity contribution in [3.05, 3.63) is 76.1 Å². The van der Waals surface area contributed by atoms with E-state index in [2.05, 4.69) is 22.4 Å². The number of benzene rings is 1. The first-order valence-corrected chi connectivity index (χ1v) is 8.86. The molecule has 1 unspecified atom stereocenters. The van der Waals surface area contributed by atoms with Gasteiger partial charge in [-0.25, -0.2) is 4.98 Å². The first kappa shape index (κ1) is 16.5. The summed E-state index contributed by atoms with van der Waals surface area (Å²) in [6, 6.07) is 14.1.